The Morgan fingerprint density at radius 3 is 1.62 bits per heavy atom. The Hall–Kier alpha value is -0.820. The van der Waals surface area contributed by atoms with Crippen molar-refractivity contribution in [1.29, 1.82) is 0 Å². The van der Waals surface area contributed by atoms with Crippen molar-refractivity contribution in [2.75, 3.05) is 0 Å². The number of aliphatic hydroxyl groups is 1. The van der Waals surface area contributed by atoms with Crippen LogP contribution in [0.5, 0.6) is 0 Å². The number of imidazole rings is 1. The molecule has 0 radical (unpaired) electrons. The zero-order chi connectivity index (χ0) is 20.2. The summed E-state index contributed by atoms with van der Waals surface area (Å²) in [6.45, 7) is 3.42. The zero-order valence-electron chi connectivity index (χ0n) is 15.3. The van der Waals surface area contributed by atoms with E-state index in [2.05, 4.69) is 11.5 Å². The second-order valence-corrected chi connectivity index (χ2v) is 8.36. The van der Waals surface area contributed by atoms with E-state index in [0.717, 1.165) is 6.54 Å². The Kier molecular flexibility index (Phi) is 10.2. The van der Waals surface area contributed by atoms with Gasteiger partial charge in [-0.05, 0) is 12.8 Å². The molecule has 0 aromatic carbocycles. The summed E-state index contributed by atoms with van der Waals surface area (Å²) in [7, 11) is -10.7. The van der Waals surface area contributed by atoms with Crippen molar-refractivity contribution in [3.8, 4) is 0 Å². The van der Waals surface area contributed by atoms with Crippen molar-refractivity contribution in [2.24, 2.45) is 0 Å². The fraction of sp³-hybridized carbons (Fsp3) is 0.812. The van der Waals surface area contributed by atoms with Gasteiger partial charge >= 0.3 is 33.0 Å². The van der Waals surface area contributed by atoms with Gasteiger partial charge in [0.1, 0.15) is 12.4 Å². The molecule has 0 spiro atoms. The molecule has 0 aliphatic carbocycles. The van der Waals surface area contributed by atoms with Crippen molar-refractivity contribution < 1.29 is 34.9 Å². The number of hydrogen-bond acceptors (Lipinski definition) is 1. The molecule has 0 saturated heterocycles. The first-order chi connectivity index (χ1) is 11.8. The van der Waals surface area contributed by atoms with Crippen LogP contribution < -0.4 is 4.57 Å². The number of rotatable bonds is 12. The summed E-state index contributed by atoms with van der Waals surface area (Å²) in [4.78, 5) is 0. The molecule has 0 fully saturated rings. The third-order valence-corrected chi connectivity index (χ3v) is 3.68. The third-order valence-electron chi connectivity index (χ3n) is 3.68. The average molecular weight is 412 g/mol. The van der Waals surface area contributed by atoms with Crippen LogP contribution in [0, 0.1) is 0 Å². The number of nitrogens with zero attached hydrogens (tertiary/aromatic N) is 2. The summed E-state index contributed by atoms with van der Waals surface area (Å²) < 4.78 is 63.1. The first kappa shape index (κ1) is 25.2. The summed E-state index contributed by atoms with van der Waals surface area (Å²) in [5.74, 6) is 0. The van der Waals surface area contributed by atoms with Crippen molar-refractivity contribution in [1.82, 2.24) is 4.57 Å². The van der Waals surface area contributed by atoms with Crippen molar-refractivity contribution in [2.45, 2.75) is 84.4 Å². The van der Waals surface area contributed by atoms with Gasteiger partial charge in [0.05, 0.1) is 6.54 Å². The number of aromatic nitrogens is 2. The summed E-state index contributed by atoms with van der Waals surface area (Å²) in [6.07, 6.45) is 19.7. The molecule has 10 heteroatoms. The van der Waals surface area contributed by atoms with Crippen LogP contribution in [0.2, 0.25) is 0 Å². The van der Waals surface area contributed by atoms with E-state index in [1.807, 2.05) is 18.7 Å². The number of aliphatic hydroxyl groups excluding tert-OH is 1. The van der Waals surface area contributed by atoms with E-state index >= 15 is 0 Å². The summed E-state index contributed by atoms with van der Waals surface area (Å²) in [5, 5.41) is 8.95. The number of aryl methyl sites for hydroxylation is 1. The average Bonchev–Trinajstić information content (AvgIpc) is 2.94. The number of halogens is 6. The monoisotopic (exact) mass is 412 g/mol. The Bertz CT molecular complexity index is 478. The molecule has 158 valence electrons. The van der Waals surface area contributed by atoms with Crippen LogP contribution in [0.1, 0.15) is 71.1 Å². The molecule has 1 rings (SSSR count). The summed E-state index contributed by atoms with van der Waals surface area (Å²) >= 11 is 0. The van der Waals surface area contributed by atoms with Crippen LogP contribution in [0.4, 0.5) is 25.2 Å². The van der Waals surface area contributed by atoms with Gasteiger partial charge < -0.3 is 5.11 Å². The predicted molar refractivity (Wildman–Crippen MR) is 92.3 cm³/mol. The molecule has 0 bridgehead atoms. The fourth-order valence-electron chi connectivity index (χ4n) is 2.44. The van der Waals surface area contributed by atoms with Crippen molar-refractivity contribution in [3.63, 3.8) is 0 Å². The second kappa shape index (κ2) is 10.5. The summed E-state index contributed by atoms with van der Waals surface area (Å²) in [6, 6.07) is 0. The van der Waals surface area contributed by atoms with E-state index in [9.17, 15) is 25.2 Å². The van der Waals surface area contributed by atoms with E-state index in [-0.39, 0.29) is 6.73 Å². The van der Waals surface area contributed by atoms with Crippen LogP contribution in [0.15, 0.2) is 18.7 Å². The van der Waals surface area contributed by atoms with Crippen LogP contribution in [-0.4, -0.2) is 9.67 Å². The Labute approximate surface area is 151 Å². The maximum atomic E-state index is 9.87. The van der Waals surface area contributed by atoms with Gasteiger partial charge in [0.15, 0.2) is 6.73 Å². The van der Waals surface area contributed by atoms with Gasteiger partial charge in [-0.3, -0.25) is 0 Å². The van der Waals surface area contributed by atoms with Crippen LogP contribution in [0.3, 0.4) is 0 Å². The zero-order valence-corrected chi connectivity index (χ0v) is 16.2. The molecule has 1 N–H and O–H groups in total. The van der Waals surface area contributed by atoms with E-state index in [4.69, 9.17) is 5.11 Å². The van der Waals surface area contributed by atoms with Gasteiger partial charge in [0.25, 0.3) is 0 Å². The molecule has 0 atom stereocenters. The van der Waals surface area contributed by atoms with Crippen LogP contribution in [-0.2, 0) is 13.3 Å². The normalized spacial score (nSPS) is 14.3. The van der Waals surface area contributed by atoms with E-state index in [1.165, 1.54) is 64.2 Å². The van der Waals surface area contributed by atoms with Gasteiger partial charge in [0, 0.05) is 0 Å². The minimum absolute atomic E-state index is 0.0744. The van der Waals surface area contributed by atoms with Crippen LogP contribution >= 0.6 is 7.81 Å². The quantitative estimate of drug-likeness (QED) is 0.170. The van der Waals surface area contributed by atoms with Gasteiger partial charge in [0.2, 0.25) is 6.33 Å². The first-order valence-electron chi connectivity index (χ1n) is 9.04. The molecule has 0 aliphatic heterocycles. The molecule has 1 heterocycles. The molecule has 0 amide bonds. The SMILES string of the molecule is CCCCCCCCCCCC[n+]1ccn(CO)c1.F[P-](F)(F)(F)(F)F. The second-order valence-electron chi connectivity index (χ2n) is 6.45. The van der Waals surface area contributed by atoms with E-state index in [0.29, 0.717) is 0 Å². The van der Waals surface area contributed by atoms with Gasteiger partial charge in [-0.2, -0.15) is 0 Å². The first-order valence-corrected chi connectivity index (χ1v) is 11.1. The molecule has 1 aromatic rings. The molecule has 0 unspecified atom stereocenters. The molecule has 26 heavy (non-hydrogen) atoms. The fourth-order valence-corrected chi connectivity index (χ4v) is 2.44. The Morgan fingerprint density at radius 1 is 0.808 bits per heavy atom. The summed E-state index contributed by atoms with van der Waals surface area (Å²) in [5.41, 5.74) is 0. The molecular formula is C16H31F6N2OP. The standard InChI is InChI=1S/C16H31N2O.F6P/c1-2-3-4-5-6-7-8-9-10-11-12-17-13-14-18(15-17)16-19;1-7(2,3,4,5)6/h13-15,19H,2-12,16H2,1H3;/q+1;-1. The molecular weight excluding hydrogens is 381 g/mol. The Balaban J connectivity index is 0.000000758. The van der Waals surface area contributed by atoms with E-state index in [1.54, 1.807) is 4.57 Å². The molecule has 3 nitrogen and oxygen atoms in total. The third kappa shape index (κ3) is 23.2. The van der Waals surface area contributed by atoms with Crippen LogP contribution in [0.25, 0.3) is 0 Å². The number of hydrogen-bond donors (Lipinski definition) is 1. The van der Waals surface area contributed by atoms with Crippen molar-refractivity contribution in [3.05, 3.63) is 18.7 Å². The topological polar surface area (TPSA) is 29.0 Å². The van der Waals surface area contributed by atoms with E-state index < -0.39 is 7.81 Å². The van der Waals surface area contributed by atoms with Gasteiger partial charge in [-0.25, -0.2) is 9.13 Å². The van der Waals surface area contributed by atoms with Gasteiger partial charge in [-0.1, -0.05) is 58.3 Å². The maximum absolute atomic E-state index is 10.7. The Morgan fingerprint density at radius 2 is 1.23 bits per heavy atom. The van der Waals surface area contributed by atoms with Crippen molar-refractivity contribution >= 4 is 7.81 Å². The number of unbranched alkanes of at least 4 members (excludes halogenated alkanes) is 9. The molecule has 1 aromatic heterocycles. The minimum atomic E-state index is -10.7. The van der Waals surface area contributed by atoms with Gasteiger partial charge in [-0.15, -0.1) is 0 Å². The predicted octanol–water partition coefficient (Wildman–Crippen LogP) is 7.03. The molecule has 0 aliphatic rings. The molecule has 0 saturated carbocycles.